The summed E-state index contributed by atoms with van der Waals surface area (Å²) in [6.07, 6.45) is 0. The predicted octanol–water partition coefficient (Wildman–Crippen LogP) is 1.76. The average Bonchev–Trinajstić information content (AvgIpc) is 2.92. The second-order valence-corrected chi connectivity index (χ2v) is 5.83. The molecule has 0 aliphatic carbocycles. The zero-order valence-corrected chi connectivity index (χ0v) is 13.0. The minimum absolute atomic E-state index is 0.0600. The number of amides is 1. The first-order valence-electron chi connectivity index (χ1n) is 6.98. The minimum atomic E-state index is 0.0600. The number of methoxy groups -OCH3 is 1. The van der Waals surface area contributed by atoms with E-state index in [0.29, 0.717) is 35.7 Å². The van der Waals surface area contributed by atoms with E-state index in [9.17, 15) is 4.79 Å². The van der Waals surface area contributed by atoms with Gasteiger partial charge in [0.2, 0.25) is 0 Å². The number of rotatable bonds is 4. The molecule has 112 valence electrons. The van der Waals surface area contributed by atoms with Gasteiger partial charge in [-0.15, -0.1) is 0 Å². The zero-order valence-electron chi connectivity index (χ0n) is 13.0. The van der Waals surface area contributed by atoms with E-state index in [1.54, 1.807) is 13.2 Å². The SMILES string of the molecule is COCc1cc(C(=O)N2C[C@@H](C)[C@@H](N(C)C)C2)c(C)o1. The van der Waals surface area contributed by atoms with Crippen LogP contribution in [-0.2, 0) is 11.3 Å². The van der Waals surface area contributed by atoms with Gasteiger partial charge in [0.15, 0.2) is 0 Å². The van der Waals surface area contributed by atoms with Crippen molar-refractivity contribution in [2.45, 2.75) is 26.5 Å². The zero-order chi connectivity index (χ0) is 14.9. The average molecular weight is 280 g/mol. The Kier molecular flexibility index (Phi) is 4.50. The van der Waals surface area contributed by atoms with Crippen molar-refractivity contribution in [3.63, 3.8) is 0 Å². The number of hydrogen-bond donors (Lipinski definition) is 0. The van der Waals surface area contributed by atoms with Crippen molar-refractivity contribution >= 4 is 5.91 Å². The molecule has 0 spiro atoms. The summed E-state index contributed by atoms with van der Waals surface area (Å²) in [5, 5.41) is 0. The second-order valence-electron chi connectivity index (χ2n) is 5.83. The topological polar surface area (TPSA) is 45.9 Å². The quantitative estimate of drug-likeness (QED) is 0.843. The number of carbonyl (C=O) groups is 1. The lowest BCUT2D eigenvalue weighted by Gasteiger charge is -2.22. The van der Waals surface area contributed by atoms with Crippen molar-refractivity contribution in [3.05, 3.63) is 23.2 Å². The number of nitrogens with zero attached hydrogens (tertiary/aromatic N) is 2. The van der Waals surface area contributed by atoms with Gasteiger partial charge in [-0.25, -0.2) is 0 Å². The van der Waals surface area contributed by atoms with Crippen LogP contribution in [0, 0.1) is 12.8 Å². The third kappa shape index (κ3) is 2.88. The maximum absolute atomic E-state index is 12.6. The summed E-state index contributed by atoms with van der Waals surface area (Å²) in [4.78, 5) is 16.7. The van der Waals surface area contributed by atoms with Gasteiger partial charge in [-0.1, -0.05) is 6.92 Å². The van der Waals surface area contributed by atoms with Crippen LogP contribution < -0.4 is 0 Å². The molecule has 1 aromatic heterocycles. The van der Waals surface area contributed by atoms with Crippen molar-refractivity contribution in [3.8, 4) is 0 Å². The molecule has 0 N–H and O–H groups in total. The Hall–Kier alpha value is -1.33. The summed E-state index contributed by atoms with van der Waals surface area (Å²) >= 11 is 0. The van der Waals surface area contributed by atoms with Gasteiger partial charge in [0.05, 0.1) is 5.56 Å². The van der Waals surface area contributed by atoms with Gasteiger partial charge in [0.25, 0.3) is 5.91 Å². The summed E-state index contributed by atoms with van der Waals surface area (Å²) in [5.41, 5.74) is 0.656. The number of likely N-dealkylation sites (N-methyl/N-ethyl adjacent to an activating group) is 1. The van der Waals surface area contributed by atoms with Gasteiger partial charge >= 0.3 is 0 Å². The van der Waals surface area contributed by atoms with Gasteiger partial charge in [-0.2, -0.15) is 0 Å². The largest absolute Gasteiger partial charge is 0.463 e. The molecule has 0 bridgehead atoms. The first kappa shape index (κ1) is 15.1. The Morgan fingerprint density at radius 2 is 2.20 bits per heavy atom. The Bertz CT molecular complexity index is 481. The number of likely N-dealkylation sites (tertiary alicyclic amines) is 1. The maximum atomic E-state index is 12.6. The highest BCUT2D eigenvalue weighted by Crippen LogP contribution is 2.24. The number of carbonyl (C=O) groups excluding carboxylic acids is 1. The summed E-state index contributed by atoms with van der Waals surface area (Å²) in [6.45, 7) is 5.99. The Labute approximate surface area is 120 Å². The molecule has 1 amide bonds. The fraction of sp³-hybridized carbons (Fsp3) is 0.667. The smallest absolute Gasteiger partial charge is 0.257 e. The van der Waals surface area contributed by atoms with Crippen LogP contribution in [0.25, 0.3) is 0 Å². The van der Waals surface area contributed by atoms with Gasteiger partial charge in [-0.3, -0.25) is 4.79 Å². The lowest BCUT2D eigenvalue weighted by molar-refractivity contribution is 0.0779. The first-order chi connectivity index (χ1) is 9.43. The molecular weight excluding hydrogens is 256 g/mol. The van der Waals surface area contributed by atoms with Gasteiger partial charge in [0, 0.05) is 26.2 Å². The molecule has 2 heterocycles. The Balaban J connectivity index is 2.12. The lowest BCUT2D eigenvalue weighted by Crippen LogP contribution is -2.35. The van der Waals surface area contributed by atoms with Crippen molar-refractivity contribution in [2.75, 3.05) is 34.3 Å². The molecular formula is C15H24N2O3. The number of aryl methyl sites for hydroxylation is 1. The fourth-order valence-corrected chi connectivity index (χ4v) is 2.93. The van der Waals surface area contributed by atoms with Crippen LogP contribution in [0.2, 0.25) is 0 Å². The normalized spacial score (nSPS) is 22.8. The first-order valence-corrected chi connectivity index (χ1v) is 6.98. The molecule has 1 fully saturated rings. The molecule has 0 saturated carbocycles. The molecule has 1 aliphatic rings. The van der Waals surface area contributed by atoms with Crippen molar-refractivity contribution in [1.82, 2.24) is 9.80 Å². The van der Waals surface area contributed by atoms with E-state index >= 15 is 0 Å². The van der Waals surface area contributed by atoms with Gasteiger partial charge in [-0.05, 0) is 33.0 Å². The van der Waals surface area contributed by atoms with E-state index in [1.807, 2.05) is 11.8 Å². The van der Waals surface area contributed by atoms with E-state index < -0.39 is 0 Å². The maximum Gasteiger partial charge on any atom is 0.257 e. The van der Waals surface area contributed by atoms with Crippen LogP contribution in [0.1, 0.15) is 28.8 Å². The number of hydrogen-bond acceptors (Lipinski definition) is 4. The molecule has 1 saturated heterocycles. The van der Waals surface area contributed by atoms with Crippen molar-refractivity contribution < 1.29 is 13.9 Å². The minimum Gasteiger partial charge on any atom is -0.463 e. The molecule has 0 unspecified atom stereocenters. The highest BCUT2D eigenvalue weighted by Gasteiger charge is 2.35. The molecule has 2 rings (SSSR count). The summed E-state index contributed by atoms with van der Waals surface area (Å²) in [6, 6.07) is 2.22. The molecule has 0 radical (unpaired) electrons. The Morgan fingerprint density at radius 3 is 2.75 bits per heavy atom. The summed E-state index contributed by atoms with van der Waals surface area (Å²) in [7, 11) is 5.74. The predicted molar refractivity (Wildman–Crippen MR) is 76.7 cm³/mol. The summed E-state index contributed by atoms with van der Waals surface area (Å²) in [5.74, 6) is 1.91. The molecule has 1 aliphatic heterocycles. The van der Waals surface area contributed by atoms with E-state index in [-0.39, 0.29) is 5.91 Å². The van der Waals surface area contributed by atoms with Crippen LogP contribution >= 0.6 is 0 Å². The highest BCUT2D eigenvalue weighted by atomic mass is 16.5. The highest BCUT2D eigenvalue weighted by molar-refractivity contribution is 5.95. The third-order valence-electron chi connectivity index (χ3n) is 4.01. The number of ether oxygens (including phenoxy) is 1. The molecule has 20 heavy (non-hydrogen) atoms. The van der Waals surface area contributed by atoms with Crippen molar-refractivity contribution in [2.24, 2.45) is 5.92 Å². The summed E-state index contributed by atoms with van der Waals surface area (Å²) < 4.78 is 10.6. The molecule has 1 aromatic rings. The van der Waals surface area contributed by atoms with Crippen LogP contribution in [0.5, 0.6) is 0 Å². The van der Waals surface area contributed by atoms with Gasteiger partial charge in [0.1, 0.15) is 18.1 Å². The molecule has 2 atom stereocenters. The van der Waals surface area contributed by atoms with E-state index in [2.05, 4.69) is 25.9 Å². The molecule has 5 nitrogen and oxygen atoms in total. The van der Waals surface area contributed by atoms with E-state index in [4.69, 9.17) is 9.15 Å². The van der Waals surface area contributed by atoms with E-state index in [1.165, 1.54) is 0 Å². The number of furan rings is 1. The lowest BCUT2D eigenvalue weighted by atomic mass is 10.1. The fourth-order valence-electron chi connectivity index (χ4n) is 2.93. The van der Waals surface area contributed by atoms with Crippen LogP contribution in [0.4, 0.5) is 0 Å². The standard InChI is InChI=1S/C15H24N2O3/c1-10-7-17(8-14(10)16(3)4)15(18)13-6-12(9-19-5)20-11(13)2/h6,10,14H,7-9H2,1-5H3/t10-,14+/m1/s1. The monoisotopic (exact) mass is 280 g/mol. The van der Waals surface area contributed by atoms with Gasteiger partial charge < -0.3 is 19.0 Å². The van der Waals surface area contributed by atoms with Crippen LogP contribution in [-0.4, -0.2) is 56.0 Å². The van der Waals surface area contributed by atoms with Crippen LogP contribution in [0.15, 0.2) is 10.5 Å². The molecule has 5 heteroatoms. The Morgan fingerprint density at radius 1 is 1.50 bits per heavy atom. The third-order valence-corrected chi connectivity index (χ3v) is 4.01. The van der Waals surface area contributed by atoms with Crippen molar-refractivity contribution in [1.29, 1.82) is 0 Å². The van der Waals surface area contributed by atoms with Crippen LogP contribution in [0.3, 0.4) is 0 Å². The molecule has 0 aromatic carbocycles. The van der Waals surface area contributed by atoms with E-state index in [0.717, 1.165) is 13.1 Å². The second kappa shape index (κ2) is 5.97.